The lowest BCUT2D eigenvalue weighted by Crippen LogP contribution is -2.27. The molecule has 0 aromatic carbocycles. The van der Waals surface area contributed by atoms with E-state index in [4.69, 9.17) is 0 Å². The van der Waals surface area contributed by atoms with Gasteiger partial charge in [-0.15, -0.1) is 0 Å². The van der Waals surface area contributed by atoms with Crippen LogP contribution in [0.5, 0.6) is 0 Å². The van der Waals surface area contributed by atoms with Crippen LogP contribution in [0.2, 0.25) is 0 Å². The van der Waals surface area contributed by atoms with Gasteiger partial charge in [0.1, 0.15) is 0 Å². The molecule has 4 bridgehead atoms. The summed E-state index contributed by atoms with van der Waals surface area (Å²) in [5.74, 6) is 0. The van der Waals surface area contributed by atoms with Crippen molar-refractivity contribution in [3.05, 3.63) is 95.1 Å². The zero-order valence-corrected chi connectivity index (χ0v) is 27.1. The number of nitrogens with one attached hydrogen (secondary N) is 4. The highest BCUT2D eigenvalue weighted by molar-refractivity contribution is 5.75. The molecule has 6 nitrogen and oxygen atoms in total. The van der Waals surface area contributed by atoms with Crippen LogP contribution in [0, 0.1) is 0 Å². The maximum absolute atomic E-state index is 3.73. The van der Waals surface area contributed by atoms with Crippen LogP contribution >= 0.6 is 0 Å². The Bertz CT molecular complexity index is 1140. The fourth-order valence-corrected chi connectivity index (χ4v) is 6.54. The molecule has 5 rings (SSSR count). The Morgan fingerprint density at radius 1 is 0.409 bits per heavy atom. The minimum atomic E-state index is 0.921. The molecule has 4 N–H and O–H groups in total. The SMILES string of the molecule is CN1CCCNCc2cc(c3cccccc2-3)CNCCCN(C)CCCNCc2cc(c3cccccc2-3)CNCCC1. The molecule has 0 saturated heterocycles. The van der Waals surface area contributed by atoms with Gasteiger partial charge in [0.15, 0.2) is 0 Å². The second kappa shape index (κ2) is 17.6. The van der Waals surface area contributed by atoms with Crippen LogP contribution in [-0.4, -0.2) is 76.3 Å². The zero-order chi connectivity index (χ0) is 30.4. The molecule has 1 aliphatic heterocycles. The van der Waals surface area contributed by atoms with Crippen LogP contribution in [-0.2, 0) is 26.2 Å². The highest BCUT2D eigenvalue weighted by atomic mass is 15.1. The number of fused-ring (bicyclic) bond motifs is 10. The molecule has 0 spiro atoms. The fourth-order valence-electron chi connectivity index (χ4n) is 6.54. The van der Waals surface area contributed by atoms with Crippen molar-refractivity contribution < 1.29 is 0 Å². The van der Waals surface area contributed by atoms with Crippen molar-refractivity contribution in [3.8, 4) is 22.3 Å². The lowest BCUT2D eigenvalue weighted by atomic mass is 10.1. The molecule has 0 radical (unpaired) electrons. The van der Waals surface area contributed by atoms with Crippen LogP contribution in [0.3, 0.4) is 0 Å². The van der Waals surface area contributed by atoms with Crippen LogP contribution in [0.15, 0.2) is 72.8 Å². The summed E-state index contributed by atoms with van der Waals surface area (Å²) in [4.78, 5) is 4.94. The second-order valence-corrected chi connectivity index (χ2v) is 12.6. The lowest BCUT2D eigenvalue weighted by molar-refractivity contribution is 0.320. The van der Waals surface area contributed by atoms with E-state index in [0.717, 1.165) is 104 Å². The minimum absolute atomic E-state index is 0.921. The largest absolute Gasteiger partial charge is 0.313 e. The van der Waals surface area contributed by atoms with Crippen molar-refractivity contribution in [2.24, 2.45) is 0 Å². The zero-order valence-electron chi connectivity index (χ0n) is 27.1. The number of rotatable bonds is 0. The molecule has 6 heteroatoms. The highest BCUT2D eigenvalue weighted by Crippen LogP contribution is 2.33. The molecular formula is C38H54N6. The van der Waals surface area contributed by atoms with Gasteiger partial charge < -0.3 is 31.1 Å². The summed E-state index contributed by atoms with van der Waals surface area (Å²) in [5, 5.41) is 14.9. The second-order valence-electron chi connectivity index (χ2n) is 12.6. The van der Waals surface area contributed by atoms with Gasteiger partial charge in [0.25, 0.3) is 0 Å². The molecule has 1 heterocycles. The molecule has 0 aromatic rings. The summed E-state index contributed by atoms with van der Waals surface area (Å²) in [7, 11) is 4.51. The smallest absolute Gasteiger partial charge is 0.0211 e. The van der Waals surface area contributed by atoms with E-state index in [1.165, 1.54) is 44.5 Å². The summed E-state index contributed by atoms with van der Waals surface area (Å²) in [5.41, 5.74) is 11.1. The Hall–Kier alpha value is -2.84. The first-order valence-electron chi connectivity index (χ1n) is 16.9. The van der Waals surface area contributed by atoms with Gasteiger partial charge in [-0.1, -0.05) is 72.8 Å². The third-order valence-corrected chi connectivity index (χ3v) is 8.99. The maximum Gasteiger partial charge on any atom is 0.0211 e. The predicted octanol–water partition coefficient (Wildman–Crippen LogP) is 5.39. The van der Waals surface area contributed by atoms with E-state index in [0.29, 0.717) is 0 Å². The molecule has 5 aliphatic rings. The van der Waals surface area contributed by atoms with Crippen LogP contribution < -0.4 is 21.3 Å². The Balaban J connectivity index is 1.18. The Morgan fingerprint density at radius 3 is 0.955 bits per heavy atom. The van der Waals surface area contributed by atoms with E-state index in [1.54, 1.807) is 0 Å². The molecule has 4 aliphatic carbocycles. The molecule has 236 valence electrons. The number of hydrogen-bond donors (Lipinski definition) is 4. The predicted molar refractivity (Wildman–Crippen MR) is 186 cm³/mol. The third-order valence-electron chi connectivity index (χ3n) is 8.99. The van der Waals surface area contributed by atoms with Crippen molar-refractivity contribution in [1.82, 2.24) is 31.1 Å². The topological polar surface area (TPSA) is 54.6 Å². The Kier molecular flexibility index (Phi) is 13.0. The Labute approximate surface area is 266 Å². The van der Waals surface area contributed by atoms with Gasteiger partial charge in [-0.2, -0.15) is 0 Å². The molecule has 0 atom stereocenters. The van der Waals surface area contributed by atoms with Gasteiger partial charge in [-0.3, -0.25) is 0 Å². The highest BCUT2D eigenvalue weighted by Gasteiger charge is 2.15. The summed E-state index contributed by atoms with van der Waals surface area (Å²) in [6.45, 7) is 12.3. The molecule has 0 amide bonds. The molecule has 0 saturated carbocycles. The van der Waals surface area contributed by atoms with E-state index in [-0.39, 0.29) is 0 Å². The first-order valence-corrected chi connectivity index (χ1v) is 16.9. The van der Waals surface area contributed by atoms with Crippen LogP contribution in [0.1, 0.15) is 47.9 Å². The standard InChI is InChI=1S/C38H54N6/c1-43-21-9-17-39-27-31-25-33(37-15-7-3-5-13-35(31)37)29-41-19-11-23-44(2)24-12-20-42-30-34-26-32(28-40-18-10-22-43)36-14-6-4-8-16-38(34)36/h3-8,13-16,25-26,39-42H,9-12,17-24,27-30H2,1-2H3. The van der Waals surface area contributed by atoms with E-state index in [2.05, 4.69) is 118 Å². The van der Waals surface area contributed by atoms with Crippen molar-refractivity contribution in [3.63, 3.8) is 0 Å². The van der Waals surface area contributed by atoms with Crippen LogP contribution in [0.25, 0.3) is 22.3 Å². The monoisotopic (exact) mass is 594 g/mol. The first kappa shape index (κ1) is 32.6. The van der Waals surface area contributed by atoms with E-state index in [9.17, 15) is 0 Å². The van der Waals surface area contributed by atoms with Gasteiger partial charge in [-0.25, -0.2) is 0 Å². The quantitative estimate of drug-likeness (QED) is 0.219. The van der Waals surface area contributed by atoms with Crippen molar-refractivity contribution >= 4 is 0 Å². The molecule has 44 heavy (non-hydrogen) atoms. The average molecular weight is 595 g/mol. The summed E-state index contributed by atoms with van der Waals surface area (Å²) in [6.07, 6.45) is 4.64. The van der Waals surface area contributed by atoms with Gasteiger partial charge in [0, 0.05) is 26.2 Å². The van der Waals surface area contributed by atoms with Gasteiger partial charge >= 0.3 is 0 Å². The van der Waals surface area contributed by atoms with Crippen molar-refractivity contribution in [1.29, 1.82) is 0 Å². The van der Waals surface area contributed by atoms with E-state index < -0.39 is 0 Å². The Morgan fingerprint density at radius 2 is 0.682 bits per heavy atom. The summed E-state index contributed by atoms with van der Waals surface area (Å²) < 4.78 is 0. The molecule has 0 fully saturated rings. The van der Waals surface area contributed by atoms with Gasteiger partial charge in [0.2, 0.25) is 0 Å². The third kappa shape index (κ3) is 9.58. The van der Waals surface area contributed by atoms with Crippen molar-refractivity contribution in [2.45, 2.75) is 51.9 Å². The minimum Gasteiger partial charge on any atom is -0.313 e. The number of hydrogen-bond acceptors (Lipinski definition) is 6. The summed E-state index contributed by atoms with van der Waals surface area (Å²) in [6, 6.07) is 26.9. The molecular weight excluding hydrogens is 540 g/mol. The average Bonchev–Trinajstić information content (AvgIpc) is 3.26. The first-order chi connectivity index (χ1) is 21.7. The molecule has 0 aromatic heterocycles. The lowest BCUT2D eigenvalue weighted by Gasteiger charge is -2.17. The van der Waals surface area contributed by atoms with E-state index in [1.807, 2.05) is 0 Å². The fraction of sp³-hybridized carbons (Fsp3) is 0.474. The maximum atomic E-state index is 3.73. The normalized spacial score (nSPS) is 19.0. The molecule has 0 unspecified atom stereocenters. The number of nitrogens with zero attached hydrogens (tertiary/aromatic N) is 2. The van der Waals surface area contributed by atoms with Gasteiger partial charge in [-0.05, 0) is 137 Å². The van der Waals surface area contributed by atoms with Crippen molar-refractivity contribution in [2.75, 3.05) is 66.5 Å². The summed E-state index contributed by atoms with van der Waals surface area (Å²) >= 11 is 0. The van der Waals surface area contributed by atoms with Gasteiger partial charge in [0.05, 0.1) is 0 Å². The van der Waals surface area contributed by atoms with E-state index >= 15 is 0 Å². The van der Waals surface area contributed by atoms with Crippen LogP contribution in [0.4, 0.5) is 0 Å².